The normalized spacial score (nSPS) is 10.7. The molecule has 2 amide bonds. The van der Waals surface area contributed by atoms with Gasteiger partial charge in [0.15, 0.2) is 23.0 Å². The number of nitro benzene ring substituents is 2. The molecule has 0 spiro atoms. The van der Waals surface area contributed by atoms with Crippen molar-refractivity contribution in [2.75, 3.05) is 62.0 Å². The van der Waals surface area contributed by atoms with Gasteiger partial charge in [0, 0.05) is 32.8 Å². The molecule has 24 nitrogen and oxygen atoms in total. The molecule has 1 unspecified atom stereocenters. The van der Waals surface area contributed by atoms with Crippen molar-refractivity contribution < 1.29 is 86.7 Å². The number of nitro groups is 2. The Bertz CT molecular complexity index is 1880. The Morgan fingerprint density at radius 2 is 0.970 bits per heavy atom. The predicted molar refractivity (Wildman–Crippen MR) is 233 cm³/mol. The van der Waals surface area contributed by atoms with Crippen molar-refractivity contribution in [3.05, 3.63) is 55.6 Å². The standard InChI is InChI=1S/C21H30N2O10.C13H18N2O8.C6H8Cl2O2/c1-14(24)7-5-6-8-20(25)32-13-16(12-29-2)22-21(26)33-11-15-9-18(30-3)19(31-4)10-17(15)23(27)28;1-21-11-3-8(10(15(19)20)4-12(11)22-2)7-23-13(18)14-9(5-16)6-17;7-5(9)3-1-2-4-6(8)10/h9-10,16H,5-8,11-13H2,1-4H3,(H,22,26);3-4,9,16-17H,5-7H2,1-2H3,(H,14,18);1-4H2. The van der Waals surface area contributed by atoms with Crippen LogP contribution in [-0.2, 0) is 51.3 Å². The number of Topliss-reactive ketones (excluding diaryl/α,β-unsaturated/α-hetero) is 1. The molecule has 0 aromatic heterocycles. The van der Waals surface area contributed by atoms with Crippen LogP contribution in [0.2, 0.25) is 0 Å². The minimum atomic E-state index is -0.929. The number of carbonyl (C=O) groups excluding carboxylic acids is 6. The maximum atomic E-state index is 12.2. The lowest BCUT2D eigenvalue weighted by atomic mass is 10.1. The molecule has 0 radical (unpaired) electrons. The number of alkyl carbamates (subject to hydrolysis) is 2. The fourth-order valence-corrected chi connectivity index (χ4v) is 5.28. The molecule has 0 saturated heterocycles. The summed E-state index contributed by atoms with van der Waals surface area (Å²) in [6.07, 6.45) is 1.80. The van der Waals surface area contributed by atoms with E-state index in [4.69, 9.17) is 71.3 Å². The zero-order valence-electron chi connectivity index (χ0n) is 37.3. The molecular formula is C40H56Cl2N4O20. The summed E-state index contributed by atoms with van der Waals surface area (Å²) >= 11 is 10.1. The lowest BCUT2D eigenvalue weighted by molar-refractivity contribution is -0.386. The number of ketones is 1. The summed E-state index contributed by atoms with van der Waals surface area (Å²) in [5.41, 5.74) is -0.385. The van der Waals surface area contributed by atoms with Crippen LogP contribution in [-0.4, -0.2) is 129 Å². The number of hydrogen-bond acceptors (Lipinski definition) is 20. The Hall–Kier alpha value is -6.08. The van der Waals surface area contributed by atoms with E-state index < -0.39 is 66.5 Å². The van der Waals surface area contributed by atoms with Gasteiger partial charge < -0.3 is 63.5 Å². The quantitative estimate of drug-likeness (QED) is 0.0222. The molecule has 2 rings (SSSR count). The molecule has 0 aliphatic rings. The first kappa shape index (κ1) is 59.9. The molecule has 0 aliphatic carbocycles. The lowest BCUT2D eigenvalue weighted by Crippen LogP contribution is -2.42. The number of hydrogen-bond donors (Lipinski definition) is 4. The summed E-state index contributed by atoms with van der Waals surface area (Å²) in [6.45, 7) is -0.357. The molecule has 0 heterocycles. The van der Waals surface area contributed by atoms with Crippen molar-refractivity contribution in [3.63, 3.8) is 0 Å². The fraction of sp³-hybridized carbons (Fsp3) is 0.550. The lowest BCUT2D eigenvalue weighted by Gasteiger charge is -2.18. The molecule has 0 aliphatic heterocycles. The van der Waals surface area contributed by atoms with Crippen LogP contribution in [0.15, 0.2) is 24.3 Å². The smallest absolute Gasteiger partial charge is 0.407 e. The molecule has 66 heavy (non-hydrogen) atoms. The minimum absolute atomic E-state index is 0.0449. The monoisotopic (exact) mass is 982 g/mol. The number of rotatable bonds is 28. The summed E-state index contributed by atoms with van der Waals surface area (Å²) in [6, 6.07) is 3.47. The van der Waals surface area contributed by atoms with Crippen LogP contribution < -0.4 is 29.6 Å². The van der Waals surface area contributed by atoms with E-state index in [9.17, 15) is 49.0 Å². The summed E-state index contributed by atoms with van der Waals surface area (Å²) in [5, 5.41) is 44.1. The van der Waals surface area contributed by atoms with Gasteiger partial charge in [0.2, 0.25) is 10.5 Å². The number of methoxy groups -OCH3 is 5. The number of nitrogens with one attached hydrogen (secondary N) is 2. The number of aliphatic hydroxyl groups is 2. The molecule has 26 heteroatoms. The van der Waals surface area contributed by atoms with E-state index in [0.29, 0.717) is 44.9 Å². The molecule has 0 bridgehead atoms. The van der Waals surface area contributed by atoms with Gasteiger partial charge in [-0.2, -0.15) is 0 Å². The van der Waals surface area contributed by atoms with Gasteiger partial charge in [-0.1, -0.05) is 0 Å². The van der Waals surface area contributed by atoms with Crippen molar-refractivity contribution >= 4 is 69.0 Å². The molecular weight excluding hydrogens is 927 g/mol. The maximum Gasteiger partial charge on any atom is 0.407 e. The number of halogens is 2. The van der Waals surface area contributed by atoms with E-state index in [0.717, 1.165) is 0 Å². The third kappa shape index (κ3) is 25.4. The summed E-state index contributed by atoms with van der Waals surface area (Å²) in [4.78, 5) is 87.9. The first-order chi connectivity index (χ1) is 31.3. The fourth-order valence-electron chi connectivity index (χ4n) is 5.01. The summed E-state index contributed by atoms with van der Waals surface area (Å²) < 4.78 is 40.3. The maximum absolute atomic E-state index is 12.2. The van der Waals surface area contributed by atoms with Crippen LogP contribution >= 0.6 is 23.2 Å². The topological polar surface area (TPSA) is 327 Å². The average molecular weight is 984 g/mol. The second kappa shape index (κ2) is 34.3. The van der Waals surface area contributed by atoms with Crippen molar-refractivity contribution in [1.29, 1.82) is 0 Å². The van der Waals surface area contributed by atoms with Crippen LogP contribution in [0.3, 0.4) is 0 Å². The highest BCUT2D eigenvalue weighted by Gasteiger charge is 2.23. The van der Waals surface area contributed by atoms with Crippen LogP contribution in [0.1, 0.15) is 69.4 Å². The highest BCUT2D eigenvalue weighted by atomic mass is 35.5. The number of amides is 2. The average Bonchev–Trinajstić information content (AvgIpc) is 3.28. The van der Waals surface area contributed by atoms with E-state index in [1.54, 1.807) is 0 Å². The van der Waals surface area contributed by atoms with Gasteiger partial charge in [-0.25, -0.2) is 9.59 Å². The molecule has 4 N–H and O–H groups in total. The van der Waals surface area contributed by atoms with Crippen molar-refractivity contribution in [2.24, 2.45) is 0 Å². The SMILES string of the molecule is COCC(COC(=O)CCCCC(C)=O)NC(=O)OCc1cc(OC)c(OC)cc1[N+](=O)[O-].COc1cc(COC(=O)NC(CO)CO)c([N+](=O)[O-])cc1OC.O=C(Cl)CCCCC(=O)Cl. The molecule has 2 aromatic rings. The number of aliphatic hydroxyl groups excluding tert-OH is 2. The molecule has 0 fully saturated rings. The third-order valence-corrected chi connectivity index (χ3v) is 8.71. The number of carbonyl (C=O) groups is 6. The summed E-state index contributed by atoms with van der Waals surface area (Å²) in [5.74, 6) is 0.435. The number of unbranched alkanes of at least 4 members (excludes halogenated alkanes) is 2. The Kier molecular flexibility index (Phi) is 31.1. The zero-order chi connectivity index (χ0) is 50.2. The van der Waals surface area contributed by atoms with Crippen LogP contribution in [0.5, 0.6) is 23.0 Å². The number of nitrogens with zero attached hydrogens (tertiary/aromatic N) is 2. The molecule has 0 saturated carbocycles. The molecule has 370 valence electrons. The number of esters is 1. The van der Waals surface area contributed by atoms with E-state index in [-0.39, 0.29) is 81.4 Å². The highest BCUT2D eigenvalue weighted by Crippen LogP contribution is 2.36. The Morgan fingerprint density at radius 1 is 0.591 bits per heavy atom. The number of ether oxygens (including phenoxy) is 8. The van der Waals surface area contributed by atoms with E-state index in [1.165, 1.54) is 66.7 Å². The Balaban J connectivity index is 0.00000110. The first-order valence-electron chi connectivity index (χ1n) is 19.7. The zero-order valence-corrected chi connectivity index (χ0v) is 38.8. The van der Waals surface area contributed by atoms with E-state index in [2.05, 4.69) is 10.6 Å². The van der Waals surface area contributed by atoms with Crippen molar-refractivity contribution in [2.45, 2.75) is 83.6 Å². The Morgan fingerprint density at radius 3 is 1.32 bits per heavy atom. The minimum Gasteiger partial charge on any atom is -0.493 e. The van der Waals surface area contributed by atoms with Crippen LogP contribution in [0.25, 0.3) is 0 Å². The predicted octanol–water partition coefficient (Wildman–Crippen LogP) is 4.81. The van der Waals surface area contributed by atoms with E-state index >= 15 is 0 Å². The van der Waals surface area contributed by atoms with Gasteiger partial charge in [0.05, 0.1) is 93.4 Å². The van der Waals surface area contributed by atoms with Gasteiger partial charge in [0.25, 0.3) is 11.4 Å². The largest absolute Gasteiger partial charge is 0.493 e. The van der Waals surface area contributed by atoms with Gasteiger partial charge in [-0.3, -0.25) is 34.6 Å². The highest BCUT2D eigenvalue weighted by molar-refractivity contribution is 6.63. The second-order valence-corrected chi connectivity index (χ2v) is 14.2. The van der Waals surface area contributed by atoms with Crippen LogP contribution in [0.4, 0.5) is 21.0 Å². The van der Waals surface area contributed by atoms with Gasteiger partial charge >= 0.3 is 18.2 Å². The van der Waals surface area contributed by atoms with Crippen molar-refractivity contribution in [3.8, 4) is 23.0 Å². The Labute approximate surface area is 389 Å². The first-order valence-corrected chi connectivity index (χ1v) is 20.4. The summed E-state index contributed by atoms with van der Waals surface area (Å²) in [7, 11) is 6.85. The number of benzene rings is 2. The van der Waals surface area contributed by atoms with E-state index in [1.807, 2.05) is 0 Å². The van der Waals surface area contributed by atoms with Crippen molar-refractivity contribution in [1.82, 2.24) is 10.6 Å². The van der Waals surface area contributed by atoms with Gasteiger partial charge in [0.1, 0.15) is 25.6 Å². The molecule has 2 aromatic carbocycles. The van der Waals surface area contributed by atoms with Gasteiger partial charge in [-0.05, 0) is 67.9 Å². The second-order valence-electron chi connectivity index (χ2n) is 13.4. The van der Waals surface area contributed by atoms with Crippen LogP contribution in [0, 0.1) is 20.2 Å². The van der Waals surface area contributed by atoms with Gasteiger partial charge in [-0.15, -0.1) is 0 Å². The third-order valence-electron chi connectivity index (χ3n) is 8.34. The molecule has 1 atom stereocenters.